The van der Waals surface area contributed by atoms with E-state index in [0.29, 0.717) is 0 Å². The number of halogens is 4. The minimum absolute atomic E-state index is 0.0337. The van der Waals surface area contributed by atoms with Gasteiger partial charge in [-0.2, -0.15) is 13.2 Å². The van der Waals surface area contributed by atoms with Gasteiger partial charge in [0.15, 0.2) is 11.5 Å². The van der Waals surface area contributed by atoms with E-state index in [-0.39, 0.29) is 48.6 Å². The number of hydrogen-bond donors (Lipinski definition) is 1. The van der Waals surface area contributed by atoms with E-state index in [9.17, 15) is 37.1 Å². The molecular weight excluding hydrogens is 486 g/mol. The molecule has 13 heteroatoms. The maximum Gasteiger partial charge on any atom is 0.416 e. The van der Waals surface area contributed by atoms with Crippen LogP contribution in [0.15, 0.2) is 53.7 Å². The Labute approximate surface area is 200 Å². The first-order valence-electron chi connectivity index (χ1n) is 10.9. The van der Waals surface area contributed by atoms with Crippen LogP contribution in [-0.4, -0.2) is 73.1 Å². The fourth-order valence-electron chi connectivity index (χ4n) is 4.43. The molecular formula is C23H19F4N5O4. The highest BCUT2D eigenvalue weighted by Gasteiger charge is 2.38. The zero-order valence-corrected chi connectivity index (χ0v) is 18.6. The van der Waals surface area contributed by atoms with Gasteiger partial charge in [0, 0.05) is 32.4 Å². The second-order valence-electron chi connectivity index (χ2n) is 8.70. The van der Waals surface area contributed by atoms with Crippen LogP contribution in [0.5, 0.6) is 0 Å². The van der Waals surface area contributed by atoms with Gasteiger partial charge in [-0.15, -0.1) is 0 Å². The van der Waals surface area contributed by atoms with Gasteiger partial charge in [0.2, 0.25) is 0 Å². The number of fused-ring (bicyclic) bond motifs is 1. The molecule has 1 N–H and O–H groups in total. The van der Waals surface area contributed by atoms with Crippen molar-refractivity contribution >= 4 is 23.0 Å². The predicted molar refractivity (Wildman–Crippen MR) is 118 cm³/mol. The Hall–Kier alpha value is -4.00. The highest BCUT2D eigenvalue weighted by Crippen LogP contribution is 2.32. The number of imidazole rings is 1. The van der Waals surface area contributed by atoms with Gasteiger partial charge in [-0.3, -0.25) is 14.2 Å². The Kier molecular flexibility index (Phi) is 5.47. The summed E-state index contributed by atoms with van der Waals surface area (Å²) in [5, 5.41) is 9.60. The number of likely N-dealkylation sites (tertiary alicyclic amines) is 2. The van der Waals surface area contributed by atoms with Crippen molar-refractivity contribution in [2.45, 2.75) is 18.3 Å². The van der Waals surface area contributed by atoms with Crippen LogP contribution in [0.4, 0.5) is 17.6 Å². The minimum atomic E-state index is -4.57. The van der Waals surface area contributed by atoms with Crippen LogP contribution in [-0.2, 0) is 11.0 Å². The number of carbonyl (C=O) groups is 2. The number of alkyl halides is 3. The number of nitrogens with zero attached hydrogens (tertiary/aromatic N) is 5. The van der Waals surface area contributed by atoms with E-state index >= 15 is 0 Å². The quantitative estimate of drug-likeness (QED) is 0.431. The van der Waals surface area contributed by atoms with Crippen LogP contribution in [0.1, 0.15) is 22.0 Å². The van der Waals surface area contributed by atoms with Gasteiger partial charge in [-0.25, -0.2) is 18.7 Å². The van der Waals surface area contributed by atoms with Crippen molar-refractivity contribution in [3.63, 3.8) is 0 Å². The summed E-state index contributed by atoms with van der Waals surface area (Å²) in [5.74, 6) is -2.54. The van der Waals surface area contributed by atoms with E-state index in [1.54, 1.807) is 0 Å². The average molecular weight is 505 g/mol. The molecule has 0 aliphatic carbocycles. The Balaban J connectivity index is 1.65. The molecule has 0 spiro atoms. The van der Waals surface area contributed by atoms with Crippen molar-refractivity contribution in [1.29, 1.82) is 0 Å². The number of amides is 2. The Morgan fingerprint density at radius 1 is 1.03 bits per heavy atom. The first-order valence-corrected chi connectivity index (χ1v) is 10.9. The summed E-state index contributed by atoms with van der Waals surface area (Å²) in [4.78, 5) is 45.4. The number of aromatic nitrogens is 3. The number of pyridine rings is 1. The van der Waals surface area contributed by atoms with Gasteiger partial charge < -0.3 is 14.9 Å². The molecule has 36 heavy (non-hydrogen) atoms. The number of carbonyl (C=O) groups excluding carboxylic acids is 2. The molecule has 2 amide bonds. The van der Waals surface area contributed by atoms with Crippen molar-refractivity contribution < 1.29 is 32.3 Å². The second-order valence-corrected chi connectivity index (χ2v) is 8.70. The monoisotopic (exact) mass is 505 g/mol. The van der Waals surface area contributed by atoms with Crippen molar-refractivity contribution in [3.05, 3.63) is 70.5 Å². The number of hydrogen-bond acceptors (Lipinski definition) is 5. The fourth-order valence-corrected chi connectivity index (χ4v) is 4.43. The molecule has 3 aromatic rings. The van der Waals surface area contributed by atoms with E-state index in [0.717, 1.165) is 33.7 Å². The first-order chi connectivity index (χ1) is 17.0. The third-order valence-electron chi connectivity index (χ3n) is 6.33. The maximum atomic E-state index is 13.6. The molecule has 188 valence electrons. The molecule has 0 bridgehead atoms. The van der Waals surface area contributed by atoms with Crippen LogP contribution in [0.25, 0.3) is 16.9 Å². The summed E-state index contributed by atoms with van der Waals surface area (Å²) < 4.78 is 54.8. The summed E-state index contributed by atoms with van der Waals surface area (Å²) in [6.07, 6.45) is -3.93. The lowest BCUT2D eigenvalue weighted by Gasteiger charge is -2.39. The maximum absolute atomic E-state index is 13.6. The summed E-state index contributed by atoms with van der Waals surface area (Å²) in [6, 6.07) is 4.68. The smallest absolute Gasteiger partial charge is 0.389 e. The summed E-state index contributed by atoms with van der Waals surface area (Å²) in [6.45, 7) is 3.11. The standard InChI is InChI=1S/C23H19F4N5O4/c1-12(24)20(34)29-8-15(9-29)31-18-17(21(35)30-10-16(33)11-30)6-7-28-19(18)32(22(31)36)14-4-2-13(3-5-14)23(25,26)27/h2-7,15-16,33H,1,8-11H2. The third kappa shape index (κ3) is 3.75. The van der Waals surface area contributed by atoms with Gasteiger partial charge in [0.25, 0.3) is 11.8 Å². The van der Waals surface area contributed by atoms with Crippen LogP contribution < -0.4 is 5.69 Å². The van der Waals surface area contributed by atoms with Crippen molar-refractivity contribution in [2.75, 3.05) is 26.2 Å². The number of benzene rings is 1. The normalized spacial score (nSPS) is 16.7. The van der Waals surface area contributed by atoms with E-state index < -0.39 is 47.2 Å². The topological polar surface area (TPSA) is 101 Å². The lowest BCUT2D eigenvalue weighted by Crippen LogP contribution is -2.54. The highest BCUT2D eigenvalue weighted by atomic mass is 19.4. The van der Waals surface area contributed by atoms with Crippen molar-refractivity contribution in [1.82, 2.24) is 23.9 Å². The molecule has 4 heterocycles. The van der Waals surface area contributed by atoms with Gasteiger partial charge >= 0.3 is 11.9 Å². The molecule has 1 aromatic carbocycles. The van der Waals surface area contributed by atoms with Crippen LogP contribution in [0.3, 0.4) is 0 Å². The van der Waals surface area contributed by atoms with Gasteiger partial charge in [0.1, 0.15) is 5.52 Å². The lowest BCUT2D eigenvalue weighted by atomic mass is 10.1. The fraction of sp³-hybridized carbons (Fsp3) is 0.304. The van der Waals surface area contributed by atoms with Crippen LogP contribution in [0, 0.1) is 0 Å². The first kappa shape index (κ1) is 23.7. The van der Waals surface area contributed by atoms with E-state index in [1.807, 2.05) is 0 Å². The van der Waals surface area contributed by atoms with Gasteiger partial charge in [0.05, 0.1) is 29.0 Å². The molecule has 0 saturated carbocycles. The Morgan fingerprint density at radius 3 is 2.22 bits per heavy atom. The lowest BCUT2D eigenvalue weighted by molar-refractivity contribution is -0.137. The summed E-state index contributed by atoms with van der Waals surface area (Å²) in [5.41, 5.74) is -1.22. The SMILES string of the molecule is C=C(F)C(=O)N1CC(n2c(=O)n(-c3ccc(C(F)(F)F)cc3)c3nccc(C(=O)N4CC(O)C4)c32)C1. The van der Waals surface area contributed by atoms with Crippen molar-refractivity contribution in [2.24, 2.45) is 0 Å². The molecule has 2 aliphatic rings. The molecule has 2 saturated heterocycles. The Morgan fingerprint density at radius 2 is 1.67 bits per heavy atom. The van der Waals surface area contributed by atoms with Gasteiger partial charge in [-0.05, 0) is 30.3 Å². The molecule has 2 aromatic heterocycles. The molecule has 0 radical (unpaired) electrons. The number of aliphatic hydroxyl groups excluding tert-OH is 1. The molecule has 0 unspecified atom stereocenters. The largest absolute Gasteiger partial charge is 0.416 e. The van der Waals surface area contributed by atoms with Crippen LogP contribution >= 0.6 is 0 Å². The second kappa shape index (κ2) is 8.29. The van der Waals surface area contributed by atoms with E-state index in [2.05, 4.69) is 11.6 Å². The summed E-state index contributed by atoms with van der Waals surface area (Å²) >= 11 is 0. The number of aliphatic hydroxyl groups is 1. The number of β-amino-alcohol motifs (C(OH)–C–C–N with tert-alkyl or cyclic N) is 1. The molecule has 2 aliphatic heterocycles. The third-order valence-corrected chi connectivity index (χ3v) is 6.33. The Bertz CT molecular complexity index is 1450. The minimum Gasteiger partial charge on any atom is -0.389 e. The zero-order chi connectivity index (χ0) is 25.9. The zero-order valence-electron chi connectivity index (χ0n) is 18.6. The average Bonchev–Trinajstić information content (AvgIpc) is 3.06. The number of rotatable bonds is 4. The molecule has 5 rings (SSSR count). The van der Waals surface area contributed by atoms with E-state index in [4.69, 9.17) is 0 Å². The molecule has 9 nitrogen and oxygen atoms in total. The van der Waals surface area contributed by atoms with Crippen molar-refractivity contribution in [3.8, 4) is 5.69 Å². The summed E-state index contributed by atoms with van der Waals surface area (Å²) in [7, 11) is 0. The predicted octanol–water partition coefficient (Wildman–Crippen LogP) is 1.89. The van der Waals surface area contributed by atoms with Crippen LogP contribution in [0.2, 0.25) is 0 Å². The van der Waals surface area contributed by atoms with E-state index in [1.165, 1.54) is 21.7 Å². The highest BCUT2D eigenvalue weighted by molar-refractivity contribution is 6.05. The molecule has 0 atom stereocenters. The molecule has 2 fully saturated rings. The van der Waals surface area contributed by atoms with Gasteiger partial charge in [-0.1, -0.05) is 6.58 Å².